The lowest BCUT2D eigenvalue weighted by Gasteiger charge is -2.03. The van der Waals surface area contributed by atoms with Gasteiger partial charge in [-0.25, -0.2) is 17.2 Å². The van der Waals surface area contributed by atoms with E-state index in [4.69, 9.17) is 0 Å². The number of hydrogen-bond donors (Lipinski definition) is 0. The fourth-order valence-electron chi connectivity index (χ4n) is 1.02. The van der Waals surface area contributed by atoms with Crippen LogP contribution in [0.15, 0.2) is 0 Å². The fourth-order valence-corrected chi connectivity index (χ4v) is 2.54. The van der Waals surface area contributed by atoms with E-state index in [1.54, 1.807) is 0 Å². The van der Waals surface area contributed by atoms with Crippen LogP contribution >= 0.6 is 0 Å². The normalized spacial score (nSPS) is 42.6. The standard InChI is InChI=1S/C5H7F3O2S/c6-2-3-1-4(7)11(9,10)5(3)8/h3-5H,1-2H2. The quantitative estimate of drug-likeness (QED) is 0.614. The van der Waals surface area contributed by atoms with Crippen LogP contribution in [0, 0.1) is 5.92 Å². The molecule has 1 heterocycles. The van der Waals surface area contributed by atoms with E-state index >= 15 is 0 Å². The maximum Gasteiger partial charge on any atom is 0.214 e. The Morgan fingerprint density at radius 2 is 1.91 bits per heavy atom. The molecule has 0 aromatic heterocycles. The molecule has 1 fully saturated rings. The topological polar surface area (TPSA) is 34.1 Å². The minimum atomic E-state index is -4.34. The SMILES string of the molecule is O=S1(=O)C(F)CC(CF)C1F. The molecule has 0 saturated carbocycles. The smallest absolute Gasteiger partial charge is 0.214 e. The highest BCUT2D eigenvalue weighted by Crippen LogP contribution is 2.34. The molecule has 0 radical (unpaired) electrons. The van der Waals surface area contributed by atoms with Crippen molar-refractivity contribution in [2.24, 2.45) is 5.92 Å². The van der Waals surface area contributed by atoms with Gasteiger partial charge in [0.15, 0.2) is 0 Å². The zero-order valence-corrected chi connectivity index (χ0v) is 6.32. The van der Waals surface area contributed by atoms with Crippen LogP contribution in [0.25, 0.3) is 0 Å². The first kappa shape index (κ1) is 8.83. The van der Waals surface area contributed by atoms with Crippen molar-refractivity contribution in [2.75, 3.05) is 6.67 Å². The highest BCUT2D eigenvalue weighted by molar-refractivity contribution is 7.92. The van der Waals surface area contributed by atoms with E-state index in [0.717, 1.165) is 0 Å². The van der Waals surface area contributed by atoms with Gasteiger partial charge in [0, 0.05) is 12.3 Å². The largest absolute Gasteiger partial charge is 0.251 e. The summed E-state index contributed by atoms with van der Waals surface area (Å²) in [5.41, 5.74) is -4.58. The van der Waals surface area contributed by atoms with E-state index in [9.17, 15) is 21.6 Å². The second kappa shape index (κ2) is 2.66. The van der Waals surface area contributed by atoms with Gasteiger partial charge in [-0.05, 0) is 0 Å². The van der Waals surface area contributed by atoms with Crippen LogP contribution < -0.4 is 0 Å². The summed E-state index contributed by atoms with van der Waals surface area (Å²) in [6, 6.07) is 0. The summed E-state index contributed by atoms with van der Waals surface area (Å²) in [4.78, 5) is 0. The van der Waals surface area contributed by atoms with E-state index in [2.05, 4.69) is 0 Å². The Labute approximate surface area is 62.3 Å². The van der Waals surface area contributed by atoms with Crippen LogP contribution in [0.4, 0.5) is 13.2 Å². The second-order valence-electron chi connectivity index (χ2n) is 2.50. The maximum absolute atomic E-state index is 12.5. The van der Waals surface area contributed by atoms with Crippen LogP contribution in [-0.2, 0) is 9.84 Å². The molecule has 66 valence electrons. The molecule has 3 atom stereocenters. The number of hydrogen-bond acceptors (Lipinski definition) is 2. The van der Waals surface area contributed by atoms with Gasteiger partial charge in [0.05, 0.1) is 6.67 Å². The Bertz CT molecular complexity index is 238. The number of sulfone groups is 1. The van der Waals surface area contributed by atoms with E-state index in [1.807, 2.05) is 0 Å². The van der Waals surface area contributed by atoms with E-state index in [1.165, 1.54) is 0 Å². The molecule has 0 bridgehead atoms. The van der Waals surface area contributed by atoms with Crippen LogP contribution in [0.5, 0.6) is 0 Å². The lowest BCUT2D eigenvalue weighted by atomic mass is 10.1. The van der Waals surface area contributed by atoms with E-state index in [0.29, 0.717) is 0 Å². The molecule has 2 nitrogen and oxygen atoms in total. The van der Waals surface area contributed by atoms with Crippen LogP contribution in [0.2, 0.25) is 0 Å². The van der Waals surface area contributed by atoms with Gasteiger partial charge in [0.1, 0.15) is 0 Å². The number of alkyl halides is 3. The Balaban J connectivity index is 2.89. The van der Waals surface area contributed by atoms with Gasteiger partial charge < -0.3 is 0 Å². The van der Waals surface area contributed by atoms with Crippen molar-refractivity contribution in [3.63, 3.8) is 0 Å². The fraction of sp³-hybridized carbons (Fsp3) is 1.00. The first-order valence-electron chi connectivity index (χ1n) is 3.07. The first-order chi connectivity index (χ1) is 5.00. The van der Waals surface area contributed by atoms with Gasteiger partial charge in [-0.2, -0.15) is 0 Å². The van der Waals surface area contributed by atoms with Gasteiger partial charge >= 0.3 is 0 Å². The predicted octanol–water partition coefficient (Wildman–Crippen LogP) is 0.982. The molecular weight excluding hydrogens is 181 g/mol. The molecule has 0 amide bonds. The van der Waals surface area contributed by atoms with Gasteiger partial charge in [-0.3, -0.25) is 4.39 Å². The van der Waals surface area contributed by atoms with Crippen molar-refractivity contribution in [1.82, 2.24) is 0 Å². The van der Waals surface area contributed by atoms with Crippen LogP contribution in [0.3, 0.4) is 0 Å². The number of halogens is 3. The van der Waals surface area contributed by atoms with Crippen LogP contribution in [0.1, 0.15) is 6.42 Å². The van der Waals surface area contributed by atoms with Gasteiger partial charge in [-0.1, -0.05) is 0 Å². The minimum absolute atomic E-state index is 0.556. The lowest BCUT2D eigenvalue weighted by Crippen LogP contribution is -2.19. The Hall–Kier alpha value is -0.260. The Morgan fingerprint density at radius 3 is 2.09 bits per heavy atom. The minimum Gasteiger partial charge on any atom is -0.251 e. The molecule has 1 aliphatic heterocycles. The molecule has 1 rings (SSSR count). The molecule has 11 heavy (non-hydrogen) atoms. The summed E-state index contributed by atoms with van der Waals surface area (Å²) in [6.07, 6.45) is -0.556. The second-order valence-corrected chi connectivity index (χ2v) is 4.64. The summed E-state index contributed by atoms with van der Waals surface area (Å²) < 4.78 is 57.8. The monoisotopic (exact) mass is 188 g/mol. The van der Waals surface area contributed by atoms with Gasteiger partial charge in [0.2, 0.25) is 20.8 Å². The molecule has 6 heteroatoms. The highest BCUT2D eigenvalue weighted by Gasteiger charge is 2.48. The molecule has 0 N–H and O–H groups in total. The maximum atomic E-state index is 12.5. The third-order valence-electron chi connectivity index (χ3n) is 1.73. The third-order valence-corrected chi connectivity index (χ3v) is 3.65. The summed E-state index contributed by atoms with van der Waals surface area (Å²) in [6.45, 7) is -1.12. The zero-order chi connectivity index (χ0) is 8.65. The van der Waals surface area contributed by atoms with Crippen molar-refractivity contribution in [3.05, 3.63) is 0 Å². The van der Waals surface area contributed by atoms with E-state index < -0.39 is 39.9 Å². The van der Waals surface area contributed by atoms with Crippen molar-refractivity contribution in [1.29, 1.82) is 0 Å². The first-order valence-corrected chi connectivity index (χ1v) is 4.68. The summed E-state index contributed by atoms with van der Waals surface area (Å²) in [7, 11) is -4.34. The Morgan fingerprint density at radius 1 is 1.36 bits per heavy atom. The summed E-state index contributed by atoms with van der Waals surface area (Å²) >= 11 is 0. The van der Waals surface area contributed by atoms with Crippen molar-refractivity contribution < 1.29 is 21.6 Å². The number of rotatable bonds is 1. The summed E-state index contributed by atoms with van der Waals surface area (Å²) in [5.74, 6) is -1.31. The average molecular weight is 188 g/mol. The highest BCUT2D eigenvalue weighted by atomic mass is 32.2. The summed E-state index contributed by atoms with van der Waals surface area (Å²) in [5, 5.41) is 0. The zero-order valence-electron chi connectivity index (χ0n) is 5.50. The predicted molar refractivity (Wildman–Crippen MR) is 32.8 cm³/mol. The van der Waals surface area contributed by atoms with Crippen molar-refractivity contribution in [3.8, 4) is 0 Å². The molecule has 0 aliphatic carbocycles. The Kier molecular flexibility index (Phi) is 2.13. The molecule has 3 unspecified atom stereocenters. The third kappa shape index (κ3) is 1.23. The van der Waals surface area contributed by atoms with Gasteiger partial charge in [-0.15, -0.1) is 0 Å². The molecular formula is C5H7F3O2S. The van der Waals surface area contributed by atoms with Crippen molar-refractivity contribution in [2.45, 2.75) is 17.4 Å². The molecule has 0 aromatic rings. The van der Waals surface area contributed by atoms with Crippen molar-refractivity contribution >= 4 is 9.84 Å². The van der Waals surface area contributed by atoms with Gasteiger partial charge in [0.25, 0.3) is 0 Å². The lowest BCUT2D eigenvalue weighted by molar-refractivity contribution is 0.248. The molecule has 1 saturated heterocycles. The van der Waals surface area contributed by atoms with Crippen LogP contribution in [-0.4, -0.2) is 26.1 Å². The van der Waals surface area contributed by atoms with E-state index in [-0.39, 0.29) is 0 Å². The molecule has 0 aromatic carbocycles. The molecule has 0 spiro atoms. The average Bonchev–Trinajstić information content (AvgIpc) is 2.14. The molecule has 1 aliphatic rings.